The zero-order chi connectivity index (χ0) is 12.3. The number of carbonyl (C=O) groups excluding carboxylic acids is 1. The van der Waals surface area contributed by atoms with Crippen molar-refractivity contribution in [1.29, 1.82) is 0 Å². The van der Waals surface area contributed by atoms with Crippen molar-refractivity contribution in [3.05, 3.63) is 0 Å². The van der Waals surface area contributed by atoms with E-state index in [0.29, 0.717) is 32.7 Å². The number of rotatable bonds is 9. The lowest BCUT2D eigenvalue weighted by Crippen LogP contribution is -2.26. The third-order valence-electron chi connectivity index (χ3n) is 2.72. The van der Waals surface area contributed by atoms with E-state index >= 15 is 0 Å². The Labute approximate surface area is 103 Å². The molecule has 1 amide bonds. The third-order valence-corrected chi connectivity index (χ3v) is 2.72. The maximum Gasteiger partial charge on any atom is 0.220 e. The van der Waals surface area contributed by atoms with E-state index in [1.165, 1.54) is 0 Å². The normalized spacial score (nSPS) is 19.5. The molecule has 0 spiro atoms. The summed E-state index contributed by atoms with van der Waals surface area (Å²) in [6.45, 7) is 3.47. The van der Waals surface area contributed by atoms with Gasteiger partial charge in [-0.2, -0.15) is 0 Å². The first-order chi connectivity index (χ1) is 8.33. The van der Waals surface area contributed by atoms with Gasteiger partial charge in [-0.15, -0.1) is 0 Å². The number of carbonyl (C=O) groups is 1. The van der Waals surface area contributed by atoms with Gasteiger partial charge in [0.25, 0.3) is 0 Å². The molecular weight excluding hydrogens is 220 g/mol. The van der Waals surface area contributed by atoms with Crippen LogP contribution >= 0.6 is 0 Å². The molecule has 0 saturated carbocycles. The molecule has 1 rings (SSSR count). The first-order valence-corrected chi connectivity index (χ1v) is 6.49. The Bertz CT molecular complexity index is 206. The van der Waals surface area contributed by atoms with E-state index < -0.39 is 0 Å². The molecule has 0 radical (unpaired) electrons. The lowest BCUT2D eigenvalue weighted by atomic mass is 10.2. The fourth-order valence-corrected chi connectivity index (χ4v) is 1.74. The molecule has 1 aliphatic heterocycles. The van der Waals surface area contributed by atoms with Crippen molar-refractivity contribution in [1.82, 2.24) is 5.32 Å². The number of ether oxygens (including phenoxy) is 2. The Kier molecular flexibility index (Phi) is 7.96. The second-order valence-corrected chi connectivity index (χ2v) is 4.31. The van der Waals surface area contributed by atoms with Gasteiger partial charge >= 0.3 is 0 Å². The smallest absolute Gasteiger partial charge is 0.220 e. The largest absolute Gasteiger partial charge is 0.379 e. The quantitative estimate of drug-likeness (QED) is 0.577. The summed E-state index contributed by atoms with van der Waals surface area (Å²) in [5, 5.41) is 2.84. The number of nitrogens with two attached hydrogens (primary N) is 1. The topological polar surface area (TPSA) is 73.6 Å². The first kappa shape index (κ1) is 14.4. The minimum absolute atomic E-state index is 0.0783. The Balaban J connectivity index is 1.82. The maximum absolute atomic E-state index is 11.2. The van der Waals surface area contributed by atoms with Crippen LogP contribution < -0.4 is 11.1 Å². The molecule has 1 heterocycles. The van der Waals surface area contributed by atoms with E-state index in [0.717, 1.165) is 32.3 Å². The molecule has 0 aromatic rings. The van der Waals surface area contributed by atoms with Crippen LogP contribution in [0.15, 0.2) is 0 Å². The minimum atomic E-state index is 0.0783. The molecule has 17 heavy (non-hydrogen) atoms. The van der Waals surface area contributed by atoms with Crippen LogP contribution in [0.2, 0.25) is 0 Å². The average Bonchev–Trinajstić information content (AvgIpc) is 2.84. The Morgan fingerprint density at radius 3 is 3.06 bits per heavy atom. The van der Waals surface area contributed by atoms with Crippen molar-refractivity contribution in [2.24, 2.45) is 5.73 Å². The first-order valence-electron chi connectivity index (χ1n) is 6.49. The van der Waals surface area contributed by atoms with Crippen LogP contribution in [0.4, 0.5) is 0 Å². The van der Waals surface area contributed by atoms with E-state index in [1.54, 1.807) is 0 Å². The molecule has 100 valence electrons. The van der Waals surface area contributed by atoms with Gasteiger partial charge in [-0.25, -0.2) is 0 Å². The highest BCUT2D eigenvalue weighted by Gasteiger charge is 2.14. The molecule has 0 aromatic carbocycles. The third kappa shape index (κ3) is 7.31. The number of nitrogens with one attached hydrogen (secondary N) is 1. The molecule has 1 aliphatic rings. The summed E-state index contributed by atoms with van der Waals surface area (Å²) < 4.78 is 10.9. The Morgan fingerprint density at radius 2 is 2.35 bits per heavy atom. The summed E-state index contributed by atoms with van der Waals surface area (Å²) >= 11 is 0. The molecule has 0 aliphatic carbocycles. The number of hydrogen-bond donors (Lipinski definition) is 2. The van der Waals surface area contributed by atoms with Crippen LogP contribution in [-0.2, 0) is 14.3 Å². The van der Waals surface area contributed by atoms with Gasteiger partial charge in [0, 0.05) is 26.2 Å². The standard InChI is InChI=1S/C12H24N2O3/c13-6-1-5-12(15)14-7-3-8-16-10-11-4-2-9-17-11/h11H,1-10,13H2,(H,14,15). The van der Waals surface area contributed by atoms with Gasteiger partial charge in [0.15, 0.2) is 0 Å². The van der Waals surface area contributed by atoms with E-state index in [9.17, 15) is 4.79 Å². The van der Waals surface area contributed by atoms with Gasteiger partial charge in [0.1, 0.15) is 0 Å². The highest BCUT2D eigenvalue weighted by atomic mass is 16.5. The van der Waals surface area contributed by atoms with E-state index in [4.69, 9.17) is 15.2 Å². The van der Waals surface area contributed by atoms with Crippen molar-refractivity contribution < 1.29 is 14.3 Å². The molecule has 1 saturated heterocycles. The van der Waals surface area contributed by atoms with Gasteiger partial charge in [-0.1, -0.05) is 0 Å². The van der Waals surface area contributed by atoms with Crippen molar-refractivity contribution >= 4 is 5.91 Å². The van der Waals surface area contributed by atoms with Crippen molar-refractivity contribution in [3.63, 3.8) is 0 Å². The van der Waals surface area contributed by atoms with Crippen LogP contribution in [-0.4, -0.2) is 44.9 Å². The van der Waals surface area contributed by atoms with Gasteiger partial charge in [-0.05, 0) is 32.2 Å². The SMILES string of the molecule is NCCCC(=O)NCCCOCC1CCCO1. The zero-order valence-electron chi connectivity index (χ0n) is 10.5. The Morgan fingerprint density at radius 1 is 1.47 bits per heavy atom. The predicted octanol–water partition coefficient (Wildman–Crippen LogP) is 0.427. The molecule has 3 N–H and O–H groups in total. The average molecular weight is 244 g/mol. The summed E-state index contributed by atoms with van der Waals surface area (Å²) in [4.78, 5) is 11.2. The molecular formula is C12H24N2O3. The van der Waals surface area contributed by atoms with Crippen molar-refractivity contribution in [2.45, 2.75) is 38.2 Å². The minimum Gasteiger partial charge on any atom is -0.379 e. The summed E-state index contributed by atoms with van der Waals surface area (Å²) in [6, 6.07) is 0. The molecule has 0 bridgehead atoms. The second kappa shape index (κ2) is 9.39. The van der Waals surface area contributed by atoms with Gasteiger partial charge in [0.2, 0.25) is 5.91 Å². The molecule has 5 heteroatoms. The van der Waals surface area contributed by atoms with E-state index in [2.05, 4.69) is 5.32 Å². The fraction of sp³-hybridized carbons (Fsp3) is 0.917. The molecule has 0 aromatic heterocycles. The highest BCUT2D eigenvalue weighted by Crippen LogP contribution is 2.11. The van der Waals surface area contributed by atoms with Crippen LogP contribution in [0.5, 0.6) is 0 Å². The second-order valence-electron chi connectivity index (χ2n) is 4.31. The van der Waals surface area contributed by atoms with Crippen LogP contribution in [0, 0.1) is 0 Å². The summed E-state index contributed by atoms with van der Waals surface area (Å²) in [5.41, 5.74) is 5.32. The number of hydrogen-bond acceptors (Lipinski definition) is 4. The lowest BCUT2D eigenvalue weighted by Gasteiger charge is -2.10. The summed E-state index contributed by atoms with van der Waals surface area (Å²) in [7, 11) is 0. The lowest BCUT2D eigenvalue weighted by molar-refractivity contribution is -0.121. The highest BCUT2D eigenvalue weighted by molar-refractivity contribution is 5.75. The zero-order valence-corrected chi connectivity index (χ0v) is 10.5. The van der Waals surface area contributed by atoms with Gasteiger partial charge < -0.3 is 20.5 Å². The monoisotopic (exact) mass is 244 g/mol. The molecule has 1 atom stereocenters. The molecule has 1 fully saturated rings. The fourth-order valence-electron chi connectivity index (χ4n) is 1.74. The van der Waals surface area contributed by atoms with E-state index in [-0.39, 0.29) is 12.0 Å². The van der Waals surface area contributed by atoms with Crippen molar-refractivity contribution in [2.75, 3.05) is 32.9 Å². The molecule has 1 unspecified atom stereocenters. The van der Waals surface area contributed by atoms with Crippen LogP contribution in [0.25, 0.3) is 0 Å². The summed E-state index contributed by atoms with van der Waals surface area (Å²) in [5.74, 6) is 0.0783. The van der Waals surface area contributed by atoms with Gasteiger partial charge in [0.05, 0.1) is 12.7 Å². The van der Waals surface area contributed by atoms with E-state index in [1.807, 2.05) is 0 Å². The number of amides is 1. The Hall–Kier alpha value is -0.650. The molecule has 5 nitrogen and oxygen atoms in total. The predicted molar refractivity (Wildman–Crippen MR) is 65.7 cm³/mol. The van der Waals surface area contributed by atoms with Crippen LogP contribution in [0.1, 0.15) is 32.1 Å². The van der Waals surface area contributed by atoms with Gasteiger partial charge in [-0.3, -0.25) is 4.79 Å². The van der Waals surface area contributed by atoms with Crippen molar-refractivity contribution in [3.8, 4) is 0 Å². The maximum atomic E-state index is 11.2. The summed E-state index contributed by atoms with van der Waals surface area (Å²) in [6.07, 6.45) is 4.66. The van der Waals surface area contributed by atoms with Crippen LogP contribution in [0.3, 0.4) is 0 Å².